The second kappa shape index (κ2) is 7.81. The molecule has 4 rings (SSSR count). The van der Waals surface area contributed by atoms with Gasteiger partial charge in [0.1, 0.15) is 5.82 Å². The molecule has 0 fully saturated rings. The average molecular weight is 429 g/mol. The van der Waals surface area contributed by atoms with Gasteiger partial charge in [-0.05, 0) is 48.9 Å². The normalized spacial score (nSPS) is 11.1. The summed E-state index contributed by atoms with van der Waals surface area (Å²) in [5.74, 6) is -0.485. The van der Waals surface area contributed by atoms with E-state index in [9.17, 15) is 14.0 Å². The van der Waals surface area contributed by atoms with Crippen LogP contribution in [0.15, 0.2) is 64.8 Å². The summed E-state index contributed by atoms with van der Waals surface area (Å²) in [5.41, 5.74) is 1.64. The van der Waals surface area contributed by atoms with Crippen LogP contribution in [0.1, 0.15) is 15.9 Å². The highest BCUT2D eigenvalue weighted by atomic mass is 35.5. The zero-order valence-electron chi connectivity index (χ0n) is 15.2. The molecular weight excluding hydrogens is 415 g/mol. The lowest BCUT2D eigenvalue weighted by Crippen LogP contribution is -2.21. The van der Waals surface area contributed by atoms with Gasteiger partial charge in [-0.15, -0.1) is 10.2 Å². The lowest BCUT2D eigenvalue weighted by molar-refractivity contribution is 0.102. The molecule has 29 heavy (non-hydrogen) atoms. The minimum absolute atomic E-state index is 0.0862. The predicted molar refractivity (Wildman–Crippen MR) is 110 cm³/mol. The summed E-state index contributed by atoms with van der Waals surface area (Å²) in [7, 11) is 0. The largest absolute Gasteiger partial charge is 0.300 e. The van der Waals surface area contributed by atoms with Crippen molar-refractivity contribution in [1.82, 2.24) is 19.2 Å². The molecule has 6 nitrogen and oxygen atoms in total. The van der Waals surface area contributed by atoms with Gasteiger partial charge in [-0.1, -0.05) is 29.4 Å². The highest BCUT2D eigenvalue weighted by molar-refractivity contribution is 7.99. The summed E-state index contributed by atoms with van der Waals surface area (Å²) >= 11 is 7.32. The molecule has 0 aliphatic rings. The number of rotatable bonds is 5. The fourth-order valence-electron chi connectivity index (χ4n) is 2.86. The van der Waals surface area contributed by atoms with E-state index in [1.165, 1.54) is 28.8 Å². The topological polar surface area (TPSA) is 69.3 Å². The number of carbonyl (C=O) groups is 1. The Morgan fingerprint density at radius 2 is 1.90 bits per heavy atom. The van der Waals surface area contributed by atoms with E-state index in [1.54, 1.807) is 35.0 Å². The summed E-state index contributed by atoms with van der Waals surface area (Å²) in [4.78, 5) is 25.2. The molecule has 0 unspecified atom stereocenters. The second-order valence-electron chi connectivity index (χ2n) is 6.25. The Morgan fingerprint density at radius 3 is 2.66 bits per heavy atom. The average Bonchev–Trinajstić information content (AvgIpc) is 3.13. The molecular formula is C20H14ClFN4O2S. The third kappa shape index (κ3) is 3.68. The molecule has 2 aromatic carbocycles. The van der Waals surface area contributed by atoms with Crippen molar-refractivity contribution < 1.29 is 9.18 Å². The number of benzene rings is 2. The monoisotopic (exact) mass is 428 g/mol. The van der Waals surface area contributed by atoms with Crippen molar-refractivity contribution in [3.8, 4) is 5.69 Å². The van der Waals surface area contributed by atoms with Crippen molar-refractivity contribution in [3.05, 3.63) is 87.2 Å². The van der Waals surface area contributed by atoms with Gasteiger partial charge in [0.25, 0.3) is 0 Å². The van der Waals surface area contributed by atoms with Crippen molar-refractivity contribution in [2.45, 2.75) is 12.1 Å². The smallest absolute Gasteiger partial charge is 0.293 e. The number of fused-ring (bicyclic) bond motifs is 1. The number of ketones is 1. The SMILES string of the molecule is Cc1c(Cl)cccc1-n1ccn2c(SCC(=O)c3ccc(F)cc3)nnc2c1=O. The van der Waals surface area contributed by atoms with E-state index in [1.807, 2.05) is 6.92 Å². The van der Waals surface area contributed by atoms with E-state index >= 15 is 0 Å². The first-order chi connectivity index (χ1) is 14.0. The summed E-state index contributed by atoms with van der Waals surface area (Å²) in [6.45, 7) is 1.83. The Labute approximate surface area is 174 Å². The standard InChI is InChI=1S/C20H14ClFN4O2S/c1-12-15(21)3-2-4-16(12)25-9-10-26-18(19(25)28)23-24-20(26)29-11-17(27)13-5-7-14(22)8-6-13/h2-10H,11H2,1H3. The second-order valence-corrected chi connectivity index (χ2v) is 7.60. The van der Waals surface area contributed by atoms with Crippen LogP contribution in [0, 0.1) is 12.7 Å². The van der Waals surface area contributed by atoms with Crippen LogP contribution in [-0.4, -0.2) is 30.7 Å². The number of hydrogen-bond acceptors (Lipinski definition) is 5. The van der Waals surface area contributed by atoms with Gasteiger partial charge in [0.15, 0.2) is 10.9 Å². The number of Topliss-reactive ketones (excluding diaryl/α,β-unsaturated/α-hetero) is 1. The number of aromatic nitrogens is 4. The molecule has 0 radical (unpaired) electrons. The van der Waals surface area contributed by atoms with Gasteiger partial charge in [0.2, 0.25) is 5.65 Å². The van der Waals surface area contributed by atoms with Gasteiger partial charge >= 0.3 is 5.56 Å². The summed E-state index contributed by atoms with van der Waals surface area (Å²) in [6.07, 6.45) is 3.28. The van der Waals surface area contributed by atoms with Crippen LogP contribution >= 0.6 is 23.4 Å². The zero-order chi connectivity index (χ0) is 20.5. The first-order valence-corrected chi connectivity index (χ1v) is 9.95. The van der Waals surface area contributed by atoms with Crippen LogP contribution in [0.4, 0.5) is 4.39 Å². The fourth-order valence-corrected chi connectivity index (χ4v) is 3.84. The Kier molecular flexibility index (Phi) is 5.21. The summed E-state index contributed by atoms with van der Waals surface area (Å²) in [5, 5.41) is 9.00. The molecule has 9 heteroatoms. The molecule has 0 saturated heterocycles. The lowest BCUT2D eigenvalue weighted by Gasteiger charge is -2.10. The molecule has 0 N–H and O–H groups in total. The van der Waals surface area contributed by atoms with E-state index in [0.29, 0.717) is 21.4 Å². The molecule has 4 aromatic rings. The van der Waals surface area contributed by atoms with Crippen molar-refractivity contribution in [2.75, 3.05) is 5.75 Å². The third-order valence-electron chi connectivity index (χ3n) is 4.44. The number of hydrogen-bond donors (Lipinski definition) is 0. The minimum Gasteiger partial charge on any atom is -0.293 e. The van der Waals surface area contributed by atoms with Crippen LogP contribution in [0.2, 0.25) is 5.02 Å². The summed E-state index contributed by atoms with van der Waals surface area (Å²) < 4.78 is 16.0. The van der Waals surface area contributed by atoms with Gasteiger partial charge < -0.3 is 0 Å². The van der Waals surface area contributed by atoms with E-state index in [0.717, 1.165) is 17.3 Å². The van der Waals surface area contributed by atoms with Gasteiger partial charge in [-0.3, -0.25) is 18.6 Å². The first-order valence-electron chi connectivity index (χ1n) is 8.59. The van der Waals surface area contributed by atoms with Gasteiger partial charge in [0, 0.05) is 23.0 Å². The van der Waals surface area contributed by atoms with Crippen molar-refractivity contribution in [2.24, 2.45) is 0 Å². The van der Waals surface area contributed by atoms with Crippen molar-refractivity contribution >= 4 is 34.8 Å². The van der Waals surface area contributed by atoms with Gasteiger partial charge in [-0.2, -0.15) is 0 Å². The molecule has 0 saturated carbocycles. The number of carbonyl (C=O) groups excluding carboxylic acids is 1. The Bertz CT molecular complexity index is 1280. The molecule has 0 aliphatic carbocycles. The number of thioether (sulfide) groups is 1. The van der Waals surface area contributed by atoms with Crippen LogP contribution in [0.3, 0.4) is 0 Å². The molecule has 0 aliphatic heterocycles. The maximum absolute atomic E-state index is 13.0. The Hall–Kier alpha value is -2.97. The molecule has 146 valence electrons. The van der Waals surface area contributed by atoms with Crippen LogP contribution < -0.4 is 5.56 Å². The predicted octanol–water partition coefficient (Wildman–Crippen LogP) is 3.96. The molecule has 2 aromatic heterocycles. The molecule has 0 atom stereocenters. The molecule has 0 amide bonds. The van der Waals surface area contributed by atoms with Gasteiger partial charge in [0.05, 0.1) is 11.4 Å². The quantitative estimate of drug-likeness (QED) is 0.355. The van der Waals surface area contributed by atoms with E-state index in [2.05, 4.69) is 10.2 Å². The third-order valence-corrected chi connectivity index (χ3v) is 5.79. The zero-order valence-corrected chi connectivity index (χ0v) is 16.7. The van der Waals surface area contributed by atoms with Crippen molar-refractivity contribution in [3.63, 3.8) is 0 Å². The van der Waals surface area contributed by atoms with E-state index in [4.69, 9.17) is 11.6 Å². The van der Waals surface area contributed by atoms with E-state index < -0.39 is 5.82 Å². The minimum atomic E-state index is -0.399. The highest BCUT2D eigenvalue weighted by Crippen LogP contribution is 2.22. The highest BCUT2D eigenvalue weighted by Gasteiger charge is 2.15. The van der Waals surface area contributed by atoms with Crippen molar-refractivity contribution in [1.29, 1.82) is 0 Å². The van der Waals surface area contributed by atoms with Gasteiger partial charge in [-0.25, -0.2) is 4.39 Å². The first kappa shape index (κ1) is 19.4. The Morgan fingerprint density at radius 1 is 1.14 bits per heavy atom. The summed E-state index contributed by atoms with van der Waals surface area (Å²) in [6, 6.07) is 10.7. The maximum atomic E-state index is 13.0. The molecule has 0 bridgehead atoms. The maximum Gasteiger partial charge on any atom is 0.300 e. The lowest BCUT2D eigenvalue weighted by atomic mass is 10.1. The molecule has 0 spiro atoms. The van der Waals surface area contributed by atoms with Crippen LogP contribution in [0.5, 0.6) is 0 Å². The van der Waals surface area contributed by atoms with Crippen LogP contribution in [0.25, 0.3) is 11.3 Å². The van der Waals surface area contributed by atoms with E-state index in [-0.39, 0.29) is 22.7 Å². The fraction of sp³-hybridized carbons (Fsp3) is 0.100. The molecule has 2 heterocycles. The number of halogens is 2. The number of nitrogens with zero attached hydrogens (tertiary/aromatic N) is 4. The Balaban J connectivity index is 1.62. The van der Waals surface area contributed by atoms with Crippen LogP contribution in [-0.2, 0) is 0 Å².